The van der Waals surface area contributed by atoms with Gasteiger partial charge in [-0.1, -0.05) is 0 Å². The number of pyridine rings is 1. The molecule has 0 atom stereocenters. The number of aromatic nitrogens is 1. The standard InChI is InChI=1S/C22H23N3O5/c1-14-17-4-3-16(29-2)13-19(17)30-22(28)18(14)5-6-20(26)24-11-12-25-21(27)15-7-9-23-10-8-15/h3-4,7-10,13H,5-6,11-12H2,1-2H3,(H,24,26)(H,25,27). The number of rotatable bonds is 8. The minimum absolute atomic E-state index is 0.144. The number of hydrogen-bond acceptors (Lipinski definition) is 6. The molecule has 8 nitrogen and oxygen atoms in total. The fourth-order valence-corrected chi connectivity index (χ4v) is 3.10. The van der Waals surface area contributed by atoms with Crippen molar-refractivity contribution >= 4 is 22.8 Å². The molecule has 0 fully saturated rings. The Morgan fingerprint density at radius 3 is 2.57 bits per heavy atom. The number of carbonyl (C=O) groups is 2. The monoisotopic (exact) mass is 409 g/mol. The van der Waals surface area contributed by atoms with E-state index >= 15 is 0 Å². The zero-order valence-corrected chi connectivity index (χ0v) is 16.9. The lowest BCUT2D eigenvalue weighted by Crippen LogP contribution is -2.34. The summed E-state index contributed by atoms with van der Waals surface area (Å²) in [5.74, 6) is 0.169. The van der Waals surface area contributed by atoms with Crippen molar-refractivity contribution in [2.24, 2.45) is 0 Å². The highest BCUT2D eigenvalue weighted by molar-refractivity contribution is 5.94. The molecule has 156 valence electrons. The van der Waals surface area contributed by atoms with E-state index in [0.717, 1.165) is 10.9 Å². The highest BCUT2D eigenvalue weighted by atomic mass is 16.5. The first-order valence-electron chi connectivity index (χ1n) is 9.55. The molecule has 2 amide bonds. The number of ether oxygens (including phenoxy) is 1. The highest BCUT2D eigenvalue weighted by Gasteiger charge is 2.13. The summed E-state index contributed by atoms with van der Waals surface area (Å²) in [6.45, 7) is 2.43. The molecule has 2 aromatic heterocycles. The van der Waals surface area contributed by atoms with Gasteiger partial charge in [-0.15, -0.1) is 0 Å². The molecule has 0 saturated heterocycles. The normalized spacial score (nSPS) is 10.6. The van der Waals surface area contributed by atoms with E-state index in [1.807, 2.05) is 13.0 Å². The lowest BCUT2D eigenvalue weighted by Gasteiger charge is -2.10. The molecule has 0 bridgehead atoms. The van der Waals surface area contributed by atoms with Crippen molar-refractivity contribution in [2.45, 2.75) is 19.8 Å². The number of fused-ring (bicyclic) bond motifs is 1. The predicted octanol–water partition coefficient (Wildman–Crippen LogP) is 1.98. The second-order valence-electron chi connectivity index (χ2n) is 6.70. The summed E-state index contributed by atoms with van der Waals surface area (Å²) in [4.78, 5) is 40.2. The van der Waals surface area contributed by atoms with Gasteiger partial charge in [-0.25, -0.2) is 4.79 Å². The van der Waals surface area contributed by atoms with E-state index < -0.39 is 5.63 Å². The number of carbonyl (C=O) groups excluding carboxylic acids is 2. The average molecular weight is 409 g/mol. The van der Waals surface area contributed by atoms with Crippen LogP contribution < -0.4 is 21.0 Å². The van der Waals surface area contributed by atoms with Crippen LogP contribution in [0.5, 0.6) is 5.75 Å². The van der Waals surface area contributed by atoms with E-state index in [-0.39, 0.29) is 24.7 Å². The second kappa shape index (κ2) is 9.69. The third-order valence-corrected chi connectivity index (χ3v) is 4.77. The maximum Gasteiger partial charge on any atom is 0.339 e. The number of nitrogens with one attached hydrogen (secondary N) is 2. The third-order valence-electron chi connectivity index (χ3n) is 4.77. The van der Waals surface area contributed by atoms with Gasteiger partial charge in [0.1, 0.15) is 11.3 Å². The minimum Gasteiger partial charge on any atom is -0.497 e. The van der Waals surface area contributed by atoms with Gasteiger partial charge in [0.25, 0.3) is 5.91 Å². The van der Waals surface area contributed by atoms with Gasteiger partial charge in [0.15, 0.2) is 0 Å². The summed E-state index contributed by atoms with van der Waals surface area (Å²) in [6, 6.07) is 8.52. The van der Waals surface area contributed by atoms with E-state index in [4.69, 9.17) is 9.15 Å². The molecule has 0 unspecified atom stereocenters. The van der Waals surface area contributed by atoms with Crippen molar-refractivity contribution in [2.75, 3.05) is 20.2 Å². The Labute approximate surface area is 173 Å². The van der Waals surface area contributed by atoms with Gasteiger partial charge in [-0.2, -0.15) is 0 Å². The number of hydrogen-bond donors (Lipinski definition) is 2. The molecule has 0 aliphatic rings. The quantitative estimate of drug-likeness (QED) is 0.435. The Morgan fingerprint density at radius 2 is 1.83 bits per heavy atom. The van der Waals surface area contributed by atoms with Gasteiger partial charge >= 0.3 is 5.63 Å². The van der Waals surface area contributed by atoms with Crippen LogP contribution >= 0.6 is 0 Å². The van der Waals surface area contributed by atoms with Crippen LogP contribution in [0.25, 0.3) is 11.0 Å². The smallest absolute Gasteiger partial charge is 0.339 e. The van der Waals surface area contributed by atoms with E-state index in [0.29, 0.717) is 35.5 Å². The van der Waals surface area contributed by atoms with Crippen molar-refractivity contribution in [3.63, 3.8) is 0 Å². The Hall–Kier alpha value is -3.68. The molecule has 0 aliphatic heterocycles. The lowest BCUT2D eigenvalue weighted by atomic mass is 10.0. The third kappa shape index (κ3) is 5.02. The topological polar surface area (TPSA) is 111 Å². The van der Waals surface area contributed by atoms with Crippen LogP contribution in [0.2, 0.25) is 0 Å². The molecule has 2 N–H and O–H groups in total. The summed E-state index contributed by atoms with van der Waals surface area (Å²) in [5.41, 5.74) is 1.78. The van der Waals surface area contributed by atoms with E-state index in [9.17, 15) is 14.4 Å². The van der Waals surface area contributed by atoms with Crippen molar-refractivity contribution in [3.8, 4) is 5.75 Å². The lowest BCUT2D eigenvalue weighted by molar-refractivity contribution is -0.121. The molecule has 3 rings (SSSR count). The molecule has 3 aromatic rings. The number of amides is 2. The Morgan fingerprint density at radius 1 is 1.10 bits per heavy atom. The van der Waals surface area contributed by atoms with Crippen molar-refractivity contribution in [1.29, 1.82) is 0 Å². The Balaban J connectivity index is 1.51. The maximum atomic E-state index is 12.3. The molecule has 0 aliphatic carbocycles. The van der Waals surface area contributed by atoms with Crippen LogP contribution in [0.1, 0.15) is 27.9 Å². The van der Waals surface area contributed by atoms with Crippen LogP contribution in [-0.4, -0.2) is 37.0 Å². The SMILES string of the molecule is COc1ccc2c(C)c(CCC(=O)NCCNC(=O)c3ccncc3)c(=O)oc2c1. The van der Waals surface area contributed by atoms with Gasteiger partial charge < -0.3 is 19.8 Å². The fourth-order valence-electron chi connectivity index (χ4n) is 3.10. The van der Waals surface area contributed by atoms with Crippen LogP contribution in [-0.2, 0) is 11.2 Å². The summed E-state index contributed by atoms with van der Waals surface area (Å²) in [6.07, 6.45) is 3.49. The first-order chi connectivity index (χ1) is 14.5. The predicted molar refractivity (Wildman–Crippen MR) is 112 cm³/mol. The molecular weight excluding hydrogens is 386 g/mol. The summed E-state index contributed by atoms with van der Waals surface area (Å²) < 4.78 is 10.6. The van der Waals surface area contributed by atoms with Crippen LogP contribution in [0.15, 0.2) is 51.9 Å². The van der Waals surface area contributed by atoms with Gasteiger partial charge in [0, 0.05) is 54.5 Å². The summed E-state index contributed by atoms with van der Waals surface area (Å²) >= 11 is 0. The van der Waals surface area contributed by atoms with Crippen LogP contribution in [0, 0.1) is 6.92 Å². The molecule has 2 heterocycles. The first-order valence-corrected chi connectivity index (χ1v) is 9.55. The van der Waals surface area contributed by atoms with E-state index in [2.05, 4.69) is 15.6 Å². The fraction of sp³-hybridized carbons (Fsp3) is 0.273. The van der Waals surface area contributed by atoms with Crippen LogP contribution in [0.3, 0.4) is 0 Å². The molecular formula is C22H23N3O5. The average Bonchev–Trinajstić information content (AvgIpc) is 2.76. The number of aryl methyl sites for hydroxylation is 1. The zero-order chi connectivity index (χ0) is 21.5. The number of methoxy groups -OCH3 is 1. The van der Waals surface area contributed by atoms with Crippen LogP contribution in [0.4, 0.5) is 0 Å². The van der Waals surface area contributed by atoms with Gasteiger partial charge in [-0.3, -0.25) is 14.6 Å². The van der Waals surface area contributed by atoms with Gasteiger partial charge in [-0.05, 0) is 43.2 Å². The molecule has 0 radical (unpaired) electrons. The first kappa shape index (κ1) is 21.0. The molecule has 30 heavy (non-hydrogen) atoms. The van der Waals surface area contributed by atoms with Crippen molar-refractivity contribution < 1.29 is 18.7 Å². The number of benzene rings is 1. The summed E-state index contributed by atoms with van der Waals surface area (Å²) in [7, 11) is 1.55. The summed E-state index contributed by atoms with van der Waals surface area (Å²) in [5, 5.41) is 6.26. The molecule has 1 aromatic carbocycles. The largest absolute Gasteiger partial charge is 0.497 e. The highest BCUT2D eigenvalue weighted by Crippen LogP contribution is 2.24. The van der Waals surface area contributed by atoms with Crippen molar-refractivity contribution in [1.82, 2.24) is 15.6 Å². The zero-order valence-electron chi connectivity index (χ0n) is 16.9. The van der Waals surface area contributed by atoms with E-state index in [1.165, 1.54) is 0 Å². The molecule has 0 saturated carbocycles. The number of nitrogens with zero attached hydrogens (tertiary/aromatic N) is 1. The molecule has 0 spiro atoms. The Kier molecular flexibility index (Phi) is 6.79. The Bertz CT molecular complexity index is 1110. The van der Waals surface area contributed by atoms with E-state index in [1.54, 1.807) is 43.8 Å². The maximum absolute atomic E-state index is 12.3. The van der Waals surface area contributed by atoms with Crippen molar-refractivity contribution in [3.05, 3.63) is 69.8 Å². The van der Waals surface area contributed by atoms with Gasteiger partial charge in [0.2, 0.25) is 5.91 Å². The minimum atomic E-state index is -0.453. The van der Waals surface area contributed by atoms with Gasteiger partial charge in [0.05, 0.1) is 7.11 Å². The molecule has 8 heteroatoms. The second-order valence-corrected chi connectivity index (χ2v) is 6.70.